The molecule has 0 fully saturated rings. The van der Waals surface area contributed by atoms with E-state index in [2.05, 4.69) is 5.10 Å². The van der Waals surface area contributed by atoms with E-state index in [0.717, 1.165) is 17.5 Å². The lowest BCUT2D eigenvalue weighted by Gasteiger charge is -2.07. The SMILES string of the molecule is CC(=O)OCc1ccc(C(=O)O)c2cc(C(F)(F)F)nn12. The number of pyridine rings is 1. The highest BCUT2D eigenvalue weighted by molar-refractivity contribution is 5.95. The first-order valence-electron chi connectivity index (χ1n) is 5.65. The predicted octanol–water partition coefficient (Wildman–Crippen LogP) is 2.11. The Morgan fingerprint density at radius 2 is 2.05 bits per heavy atom. The number of ether oxygens (including phenoxy) is 1. The molecule has 0 aliphatic rings. The van der Waals surface area contributed by atoms with Gasteiger partial charge in [-0.1, -0.05) is 0 Å². The van der Waals surface area contributed by atoms with Crippen molar-refractivity contribution in [3.8, 4) is 0 Å². The number of carboxylic acid groups (broad SMARTS) is 1. The summed E-state index contributed by atoms with van der Waals surface area (Å²) in [5.74, 6) is -2.00. The van der Waals surface area contributed by atoms with Crippen LogP contribution in [0.25, 0.3) is 5.52 Å². The summed E-state index contributed by atoms with van der Waals surface area (Å²) in [7, 11) is 0. The van der Waals surface area contributed by atoms with Crippen molar-refractivity contribution in [1.82, 2.24) is 9.61 Å². The van der Waals surface area contributed by atoms with E-state index in [-0.39, 0.29) is 23.4 Å². The number of hydrogen-bond donors (Lipinski definition) is 1. The molecule has 1 N–H and O–H groups in total. The zero-order chi connectivity index (χ0) is 15.8. The number of carbonyl (C=O) groups excluding carboxylic acids is 1. The van der Waals surface area contributed by atoms with E-state index in [1.807, 2.05) is 0 Å². The number of aromatic nitrogens is 2. The zero-order valence-electron chi connectivity index (χ0n) is 10.6. The van der Waals surface area contributed by atoms with E-state index >= 15 is 0 Å². The molecule has 21 heavy (non-hydrogen) atoms. The van der Waals surface area contributed by atoms with E-state index in [0.29, 0.717) is 6.07 Å². The molecule has 0 aliphatic carbocycles. The summed E-state index contributed by atoms with van der Waals surface area (Å²) in [5, 5.41) is 12.3. The molecule has 0 atom stereocenters. The second-order valence-electron chi connectivity index (χ2n) is 4.15. The van der Waals surface area contributed by atoms with Crippen molar-refractivity contribution in [2.75, 3.05) is 0 Å². The van der Waals surface area contributed by atoms with Gasteiger partial charge in [-0.25, -0.2) is 9.31 Å². The van der Waals surface area contributed by atoms with Gasteiger partial charge < -0.3 is 9.84 Å². The molecule has 2 heterocycles. The van der Waals surface area contributed by atoms with Crippen LogP contribution in [0.5, 0.6) is 0 Å². The first-order valence-corrected chi connectivity index (χ1v) is 5.65. The van der Waals surface area contributed by atoms with Crippen LogP contribution in [0.3, 0.4) is 0 Å². The number of fused-ring (bicyclic) bond motifs is 1. The topological polar surface area (TPSA) is 80.9 Å². The monoisotopic (exact) mass is 302 g/mol. The molecule has 0 saturated carbocycles. The van der Waals surface area contributed by atoms with E-state index in [1.165, 1.54) is 6.07 Å². The lowest BCUT2D eigenvalue weighted by molar-refractivity contribution is -0.143. The van der Waals surface area contributed by atoms with Gasteiger partial charge in [0.2, 0.25) is 0 Å². The number of esters is 1. The highest BCUT2D eigenvalue weighted by Gasteiger charge is 2.35. The molecule has 112 valence electrons. The number of halogens is 3. The average molecular weight is 302 g/mol. The van der Waals surface area contributed by atoms with Crippen LogP contribution in [0.1, 0.15) is 28.7 Å². The molecule has 0 radical (unpaired) electrons. The van der Waals surface area contributed by atoms with Gasteiger partial charge in [0.05, 0.1) is 16.8 Å². The van der Waals surface area contributed by atoms with Crippen LogP contribution < -0.4 is 0 Å². The molecule has 2 aromatic rings. The molecule has 0 saturated heterocycles. The molecule has 2 aromatic heterocycles. The first kappa shape index (κ1) is 14.8. The van der Waals surface area contributed by atoms with Crippen LogP contribution in [0.2, 0.25) is 0 Å². The Bertz CT molecular complexity index is 721. The summed E-state index contributed by atoms with van der Waals surface area (Å²) in [4.78, 5) is 21.8. The van der Waals surface area contributed by atoms with Gasteiger partial charge in [-0.05, 0) is 18.2 Å². The molecule has 2 rings (SSSR count). The number of rotatable bonds is 3. The largest absolute Gasteiger partial charge is 0.478 e. The van der Waals surface area contributed by atoms with Crippen LogP contribution >= 0.6 is 0 Å². The quantitative estimate of drug-likeness (QED) is 0.878. The Kier molecular flexibility index (Phi) is 3.58. The Labute approximate surface area is 115 Å². The molecule has 0 spiro atoms. The fraction of sp³-hybridized carbons (Fsp3) is 0.250. The smallest absolute Gasteiger partial charge is 0.435 e. The standard InChI is InChI=1S/C12H9F3N2O4/c1-6(18)21-5-7-2-3-8(11(19)20)9-4-10(12(13,14)15)16-17(7)9/h2-4H,5H2,1H3,(H,19,20). The summed E-state index contributed by atoms with van der Waals surface area (Å²) in [6.07, 6.45) is -4.71. The fourth-order valence-corrected chi connectivity index (χ4v) is 1.73. The zero-order valence-corrected chi connectivity index (χ0v) is 10.6. The number of hydrogen-bond acceptors (Lipinski definition) is 4. The molecule has 0 unspecified atom stereocenters. The Morgan fingerprint density at radius 1 is 1.38 bits per heavy atom. The van der Waals surface area contributed by atoms with Crippen molar-refractivity contribution in [3.63, 3.8) is 0 Å². The molecule has 9 heteroatoms. The third-order valence-electron chi connectivity index (χ3n) is 2.64. The minimum Gasteiger partial charge on any atom is -0.478 e. The maximum Gasteiger partial charge on any atom is 0.435 e. The van der Waals surface area contributed by atoms with Gasteiger partial charge in [0.15, 0.2) is 5.69 Å². The van der Waals surface area contributed by atoms with Crippen LogP contribution in [-0.2, 0) is 22.3 Å². The molecular weight excluding hydrogens is 293 g/mol. The highest BCUT2D eigenvalue weighted by Crippen LogP contribution is 2.30. The van der Waals surface area contributed by atoms with Gasteiger partial charge in [0.1, 0.15) is 6.61 Å². The lowest BCUT2D eigenvalue weighted by atomic mass is 10.2. The second-order valence-corrected chi connectivity index (χ2v) is 4.15. The van der Waals surface area contributed by atoms with E-state index in [9.17, 15) is 22.8 Å². The normalized spacial score (nSPS) is 11.6. The van der Waals surface area contributed by atoms with E-state index in [4.69, 9.17) is 9.84 Å². The van der Waals surface area contributed by atoms with Gasteiger partial charge in [0, 0.05) is 6.92 Å². The number of nitrogens with zero attached hydrogens (tertiary/aromatic N) is 2. The molecular formula is C12H9F3N2O4. The maximum atomic E-state index is 12.7. The second kappa shape index (κ2) is 5.08. The van der Waals surface area contributed by atoms with Crippen molar-refractivity contribution < 1.29 is 32.6 Å². The molecule has 0 amide bonds. The molecule has 6 nitrogen and oxygen atoms in total. The Balaban J connectivity index is 2.62. The van der Waals surface area contributed by atoms with Crippen molar-refractivity contribution in [1.29, 1.82) is 0 Å². The molecule has 0 aliphatic heterocycles. The minimum absolute atomic E-state index is 0.126. The summed E-state index contributed by atoms with van der Waals surface area (Å²) in [6, 6.07) is 3.02. The minimum atomic E-state index is -4.71. The van der Waals surface area contributed by atoms with Gasteiger partial charge in [-0.15, -0.1) is 0 Å². The van der Waals surface area contributed by atoms with Crippen molar-refractivity contribution in [3.05, 3.63) is 35.2 Å². The van der Waals surface area contributed by atoms with Crippen LogP contribution in [-0.4, -0.2) is 26.7 Å². The summed E-state index contributed by atoms with van der Waals surface area (Å²) in [6.45, 7) is 0.831. The molecule has 0 aromatic carbocycles. The maximum absolute atomic E-state index is 12.7. The third-order valence-corrected chi connectivity index (χ3v) is 2.64. The van der Waals surface area contributed by atoms with Gasteiger partial charge in [-0.3, -0.25) is 4.79 Å². The van der Waals surface area contributed by atoms with Gasteiger partial charge in [0.25, 0.3) is 0 Å². The van der Waals surface area contributed by atoms with Crippen molar-refractivity contribution in [2.24, 2.45) is 0 Å². The number of alkyl halides is 3. The van der Waals surface area contributed by atoms with Gasteiger partial charge in [-0.2, -0.15) is 18.3 Å². The van der Waals surface area contributed by atoms with Crippen molar-refractivity contribution in [2.45, 2.75) is 19.7 Å². The molecule has 0 bridgehead atoms. The van der Waals surface area contributed by atoms with Crippen LogP contribution in [0.15, 0.2) is 18.2 Å². The number of aromatic carboxylic acids is 1. The van der Waals surface area contributed by atoms with E-state index in [1.54, 1.807) is 0 Å². The van der Waals surface area contributed by atoms with Crippen LogP contribution in [0, 0.1) is 0 Å². The number of carbonyl (C=O) groups is 2. The Hall–Kier alpha value is -2.58. The van der Waals surface area contributed by atoms with Crippen LogP contribution in [0.4, 0.5) is 13.2 Å². The highest BCUT2D eigenvalue weighted by atomic mass is 19.4. The average Bonchev–Trinajstić information content (AvgIpc) is 2.79. The predicted molar refractivity (Wildman–Crippen MR) is 62.6 cm³/mol. The first-order chi connectivity index (χ1) is 9.70. The van der Waals surface area contributed by atoms with Crippen molar-refractivity contribution >= 4 is 17.5 Å². The summed E-state index contributed by atoms with van der Waals surface area (Å²) < 4.78 is 43.6. The Morgan fingerprint density at radius 3 is 2.57 bits per heavy atom. The van der Waals surface area contributed by atoms with E-state index < -0.39 is 23.8 Å². The van der Waals surface area contributed by atoms with Gasteiger partial charge >= 0.3 is 18.1 Å². The summed E-state index contributed by atoms with van der Waals surface area (Å²) >= 11 is 0. The summed E-state index contributed by atoms with van der Waals surface area (Å²) in [5.41, 5.74) is -1.65. The lowest BCUT2D eigenvalue weighted by Crippen LogP contribution is -2.09. The fourth-order valence-electron chi connectivity index (χ4n) is 1.73. The third kappa shape index (κ3) is 2.96. The number of carboxylic acids is 1.